The average molecular weight is 735 g/mol. The molecule has 2 aliphatic rings. The molecule has 0 aromatic heterocycles. The van der Waals surface area contributed by atoms with Gasteiger partial charge in [0.1, 0.15) is 5.72 Å². The third-order valence-electron chi connectivity index (χ3n) is 8.43. The number of carbonyl (C=O) groups is 4. The number of rotatable bonds is 18. The summed E-state index contributed by atoms with van der Waals surface area (Å²) in [6.45, 7) is 4.56. The van der Waals surface area contributed by atoms with Gasteiger partial charge in [0, 0.05) is 50.3 Å². The second-order valence-corrected chi connectivity index (χ2v) is 14.5. The minimum atomic E-state index is -1.43. The number of aliphatic hydroxyl groups is 4. The molecule has 2 aromatic rings. The molecule has 0 bridgehead atoms. The van der Waals surface area contributed by atoms with E-state index in [4.69, 9.17) is 19.7 Å². The van der Waals surface area contributed by atoms with Gasteiger partial charge in [0.05, 0.1) is 49.8 Å². The molecule has 50 heavy (non-hydrogen) atoms. The Hall–Kier alpha value is -3.14. The minimum absolute atomic E-state index is 0.0195. The summed E-state index contributed by atoms with van der Waals surface area (Å²) in [4.78, 5) is 51.6. The van der Waals surface area contributed by atoms with Crippen molar-refractivity contribution in [1.29, 1.82) is 0 Å². The Morgan fingerprint density at radius 3 is 1.80 bits per heavy atom. The van der Waals surface area contributed by atoms with Gasteiger partial charge < -0.3 is 39.7 Å². The van der Waals surface area contributed by atoms with E-state index in [0.717, 1.165) is 11.1 Å². The normalized spacial score (nSPS) is 23.1. The number of ether oxygens (including phenoxy) is 2. The summed E-state index contributed by atoms with van der Waals surface area (Å²) < 4.78 is 9.87. The fraction of sp³-hybridized carbons (Fsp3) is 0.556. The zero-order valence-electron chi connectivity index (χ0n) is 28.8. The van der Waals surface area contributed by atoms with Crippen molar-refractivity contribution in [1.82, 2.24) is 9.80 Å². The standard InChI is InChI=1S/2C18H25NO5S/c1-2-24-17(22)8-9-18(23)15(25-11-10-20)12-16(21)19(18)13-14-6-4-3-5-7-14;1-2-24-16(21)8-9-18(23)12-15(25-11-10-20)17(22)19(18)13-14-6-4-3-5-7-14/h2*3-7,15,20,23H,2,8-13H2,1H3. The third-order valence-corrected chi connectivity index (χ3v) is 11.0. The van der Waals surface area contributed by atoms with Gasteiger partial charge in [-0.1, -0.05) is 60.7 Å². The highest BCUT2D eigenvalue weighted by atomic mass is 32.2. The van der Waals surface area contributed by atoms with Crippen LogP contribution >= 0.6 is 23.5 Å². The van der Waals surface area contributed by atoms with E-state index >= 15 is 0 Å². The Bertz CT molecular complexity index is 1330. The number of hydrogen-bond acceptors (Lipinski definition) is 12. The molecule has 2 aromatic carbocycles. The predicted molar refractivity (Wildman–Crippen MR) is 192 cm³/mol. The van der Waals surface area contributed by atoms with Crippen molar-refractivity contribution in [3.8, 4) is 0 Å². The molecule has 2 heterocycles. The van der Waals surface area contributed by atoms with Crippen molar-refractivity contribution >= 4 is 47.3 Å². The third kappa shape index (κ3) is 11.7. The van der Waals surface area contributed by atoms with Crippen LogP contribution in [0.1, 0.15) is 63.5 Å². The Labute approximate surface area is 302 Å². The van der Waals surface area contributed by atoms with Gasteiger partial charge in [-0.2, -0.15) is 11.8 Å². The molecule has 2 amide bonds. The predicted octanol–water partition coefficient (Wildman–Crippen LogP) is 3.09. The first-order chi connectivity index (χ1) is 24.0. The van der Waals surface area contributed by atoms with Gasteiger partial charge in [-0.05, 0) is 25.0 Å². The van der Waals surface area contributed by atoms with Crippen LogP contribution in [0.4, 0.5) is 0 Å². The highest BCUT2D eigenvalue weighted by Gasteiger charge is 2.52. The van der Waals surface area contributed by atoms with Crippen LogP contribution in [0.15, 0.2) is 60.7 Å². The number of amides is 2. The molecule has 0 aliphatic carbocycles. The van der Waals surface area contributed by atoms with E-state index < -0.39 is 16.7 Å². The van der Waals surface area contributed by atoms with Crippen molar-refractivity contribution in [2.45, 2.75) is 87.4 Å². The Morgan fingerprint density at radius 1 is 0.780 bits per heavy atom. The number of benzene rings is 2. The largest absolute Gasteiger partial charge is 0.466 e. The summed E-state index contributed by atoms with van der Waals surface area (Å²) in [5, 5.41) is 39.7. The fourth-order valence-electron chi connectivity index (χ4n) is 5.98. The van der Waals surface area contributed by atoms with E-state index in [2.05, 4.69) is 0 Å². The highest BCUT2D eigenvalue weighted by molar-refractivity contribution is 8.00. The van der Waals surface area contributed by atoms with Crippen LogP contribution in [0.5, 0.6) is 0 Å². The first-order valence-corrected chi connectivity index (χ1v) is 19.0. The van der Waals surface area contributed by atoms with Gasteiger partial charge in [0.25, 0.3) is 0 Å². The molecular formula is C36H50N2O10S2. The zero-order chi connectivity index (χ0) is 36.6. The maximum atomic E-state index is 12.7. The smallest absolute Gasteiger partial charge is 0.305 e. The van der Waals surface area contributed by atoms with Crippen LogP contribution in [-0.4, -0.2) is 114 Å². The molecule has 0 spiro atoms. The van der Waals surface area contributed by atoms with Gasteiger partial charge in [-0.25, -0.2) is 0 Å². The summed E-state index contributed by atoms with van der Waals surface area (Å²) in [5.74, 6) is -0.211. The lowest BCUT2D eigenvalue weighted by Gasteiger charge is -2.37. The van der Waals surface area contributed by atoms with Gasteiger partial charge >= 0.3 is 11.9 Å². The van der Waals surface area contributed by atoms with Crippen LogP contribution in [0, 0.1) is 0 Å². The number of thioether (sulfide) groups is 2. The molecular weight excluding hydrogens is 685 g/mol. The molecule has 2 saturated heterocycles. The van der Waals surface area contributed by atoms with Crippen molar-refractivity contribution in [2.75, 3.05) is 37.9 Å². The van der Waals surface area contributed by atoms with E-state index in [9.17, 15) is 29.4 Å². The molecule has 0 radical (unpaired) electrons. The molecule has 4 N–H and O–H groups in total. The SMILES string of the molecule is CCOC(=O)CCC1(O)C(SCCO)CC(=O)N1Cc1ccccc1.CCOC(=O)CCC1(O)CC(SCCO)C(=O)N1Cc1ccccc1. The molecule has 14 heteroatoms. The summed E-state index contributed by atoms with van der Waals surface area (Å²) >= 11 is 2.70. The van der Waals surface area contributed by atoms with Gasteiger partial charge in [-0.15, -0.1) is 11.8 Å². The van der Waals surface area contributed by atoms with Crippen LogP contribution in [0.25, 0.3) is 0 Å². The fourth-order valence-corrected chi connectivity index (χ4v) is 8.18. The first kappa shape index (κ1) is 41.3. The quantitative estimate of drug-likeness (QED) is 0.165. The molecule has 4 rings (SSSR count). The molecule has 276 valence electrons. The highest BCUT2D eigenvalue weighted by Crippen LogP contribution is 2.41. The number of hydrogen-bond donors (Lipinski definition) is 4. The van der Waals surface area contributed by atoms with Crippen molar-refractivity contribution < 1.29 is 49.1 Å². The lowest BCUT2D eigenvalue weighted by molar-refractivity contribution is -0.155. The van der Waals surface area contributed by atoms with Crippen LogP contribution in [-0.2, 0) is 41.7 Å². The maximum Gasteiger partial charge on any atom is 0.305 e. The number of nitrogens with zero attached hydrogens (tertiary/aromatic N) is 2. The summed E-state index contributed by atoms with van der Waals surface area (Å²) in [5.41, 5.74) is -0.983. The summed E-state index contributed by atoms with van der Waals surface area (Å²) in [6.07, 6.45) is 0.785. The van der Waals surface area contributed by atoms with Crippen molar-refractivity contribution in [2.24, 2.45) is 0 Å². The van der Waals surface area contributed by atoms with Crippen molar-refractivity contribution in [3.63, 3.8) is 0 Å². The second kappa shape index (κ2) is 20.6. The van der Waals surface area contributed by atoms with E-state index in [1.807, 2.05) is 60.7 Å². The van der Waals surface area contributed by atoms with Crippen LogP contribution in [0.3, 0.4) is 0 Å². The molecule has 12 nitrogen and oxygen atoms in total. The molecule has 2 aliphatic heterocycles. The molecule has 0 saturated carbocycles. The van der Waals surface area contributed by atoms with Gasteiger partial charge in [-0.3, -0.25) is 19.2 Å². The topological polar surface area (TPSA) is 174 Å². The van der Waals surface area contributed by atoms with Gasteiger partial charge in [0.2, 0.25) is 11.8 Å². The van der Waals surface area contributed by atoms with Crippen LogP contribution < -0.4 is 0 Å². The van der Waals surface area contributed by atoms with E-state index in [0.29, 0.717) is 18.1 Å². The zero-order valence-corrected chi connectivity index (χ0v) is 30.4. The van der Waals surface area contributed by atoms with Gasteiger partial charge in [0.15, 0.2) is 5.72 Å². The maximum absolute atomic E-state index is 12.7. The van der Waals surface area contributed by atoms with E-state index in [1.54, 1.807) is 13.8 Å². The average Bonchev–Trinajstić information content (AvgIpc) is 3.49. The number of likely N-dealkylation sites (tertiary alicyclic amines) is 2. The summed E-state index contributed by atoms with van der Waals surface area (Å²) in [7, 11) is 0. The van der Waals surface area contributed by atoms with E-state index in [-0.39, 0.29) is 100 Å². The second-order valence-electron chi connectivity index (χ2n) is 11.9. The minimum Gasteiger partial charge on any atom is -0.466 e. The Balaban J connectivity index is 0.000000270. The first-order valence-electron chi connectivity index (χ1n) is 16.9. The Kier molecular flexibility index (Phi) is 17.0. The van der Waals surface area contributed by atoms with Crippen molar-refractivity contribution in [3.05, 3.63) is 71.8 Å². The monoisotopic (exact) mass is 734 g/mol. The molecule has 4 atom stereocenters. The number of aliphatic hydroxyl groups excluding tert-OH is 2. The Morgan fingerprint density at radius 2 is 1.28 bits per heavy atom. The number of esters is 2. The van der Waals surface area contributed by atoms with Crippen LogP contribution in [0.2, 0.25) is 0 Å². The lowest BCUT2D eigenvalue weighted by atomic mass is 10.0. The van der Waals surface area contributed by atoms with E-state index in [1.165, 1.54) is 33.3 Å². The number of carbonyl (C=O) groups excluding carboxylic acids is 4. The lowest BCUT2D eigenvalue weighted by Crippen LogP contribution is -2.50. The molecule has 2 fully saturated rings. The molecule has 4 unspecified atom stereocenters. The summed E-state index contributed by atoms with van der Waals surface area (Å²) in [6, 6.07) is 18.9.